The van der Waals surface area contributed by atoms with Gasteiger partial charge in [0.1, 0.15) is 5.75 Å². The van der Waals surface area contributed by atoms with E-state index in [9.17, 15) is 4.79 Å². The van der Waals surface area contributed by atoms with Crippen LogP contribution in [0.25, 0.3) is 10.2 Å². The van der Waals surface area contributed by atoms with Gasteiger partial charge in [-0.3, -0.25) is 14.6 Å². The summed E-state index contributed by atoms with van der Waals surface area (Å²) in [6.45, 7) is 11.8. The highest BCUT2D eigenvalue weighted by Gasteiger charge is 2.21. The highest BCUT2D eigenvalue weighted by atomic mass is 35.5. The average Bonchev–Trinajstić information content (AvgIpc) is 3.23. The Morgan fingerprint density at radius 3 is 2.74 bits per heavy atom. The van der Waals surface area contributed by atoms with Gasteiger partial charge < -0.3 is 9.47 Å². The molecule has 1 aliphatic rings. The van der Waals surface area contributed by atoms with Crippen LogP contribution in [0.1, 0.15) is 30.0 Å². The summed E-state index contributed by atoms with van der Waals surface area (Å²) in [7, 11) is 0. The first-order valence-corrected chi connectivity index (χ1v) is 12.5. The van der Waals surface area contributed by atoms with Gasteiger partial charge in [-0.1, -0.05) is 35.1 Å². The van der Waals surface area contributed by atoms with Crippen molar-refractivity contribution < 1.29 is 14.3 Å². The van der Waals surface area contributed by atoms with Gasteiger partial charge in [-0.05, 0) is 56.5 Å². The number of thiazole rings is 1. The lowest BCUT2D eigenvalue weighted by molar-refractivity contribution is -0.118. The van der Waals surface area contributed by atoms with Crippen molar-refractivity contribution in [1.82, 2.24) is 9.88 Å². The van der Waals surface area contributed by atoms with Gasteiger partial charge in [-0.25, -0.2) is 4.98 Å². The number of benzene rings is 2. The Labute approximate surface area is 212 Å². The molecule has 4 rings (SSSR count). The smallest absolute Gasteiger partial charge is 0.233 e. The third kappa shape index (κ3) is 6.69. The molecular weight excluding hydrogens is 470 g/mol. The highest BCUT2D eigenvalue weighted by molar-refractivity contribution is 7.22. The summed E-state index contributed by atoms with van der Waals surface area (Å²) in [6.07, 6.45) is 1.28. The van der Waals surface area contributed by atoms with Gasteiger partial charge >= 0.3 is 0 Å². The quantitative estimate of drug-likeness (QED) is 0.410. The Hall–Kier alpha value is -2.19. The monoisotopic (exact) mass is 503 g/mol. The van der Waals surface area contributed by atoms with Crippen LogP contribution in [-0.2, 0) is 16.0 Å². The number of ether oxygens (including phenoxy) is 2. The molecule has 0 bridgehead atoms. The number of hydrogen-bond donors (Lipinski definition) is 0. The van der Waals surface area contributed by atoms with E-state index in [4.69, 9.17) is 14.5 Å². The van der Waals surface area contributed by atoms with Gasteiger partial charge in [0.2, 0.25) is 5.91 Å². The van der Waals surface area contributed by atoms with Gasteiger partial charge in [-0.2, -0.15) is 0 Å². The van der Waals surface area contributed by atoms with E-state index in [0.29, 0.717) is 19.6 Å². The molecule has 1 fully saturated rings. The number of carbonyl (C=O) groups is 1. The van der Waals surface area contributed by atoms with Crippen molar-refractivity contribution in [2.45, 2.75) is 33.6 Å². The van der Waals surface area contributed by atoms with Crippen LogP contribution in [-0.4, -0.2) is 61.8 Å². The van der Waals surface area contributed by atoms with Crippen molar-refractivity contribution >= 4 is 45.0 Å². The minimum absolute atomic E-state index is 0. The number of amides is 1. The van der Waals surface area contributed by atoms with Gasteiger partial charge in [0.15, 0.2) is 5.13 Å². The second kappa shape index (κ2) is 12.5. The van der Waals surface area contributed by atoms with Crippen LogP contribution in [0.15, 0.2) is 36.4 Å². The molecule has 0 unspecified atom stereocenters. The van der Waals surface area contributed by atoms with E-state index in [1.807, 2.05) is 30.0 Å². The summed E-state index contributed by atoms with van der Waals surface area (Å²) in [5.74, 6) is 0.926. The Morgan fingerprint density at radius 1 is 1.18 bits per heavy atom. The minimum Gasteiger partial charge on any atom is -0.494 e. The van der Waals surface area contributed by atoms with E-state index in [1.165, 1.54) is 5.56 Å². The molecule has 0 radical (unpaired) electrons. The zero-order valence-electron chi connectivity index (χ0n) is 20.2. The van der Waals surface area contributed by atoms with E-state index in [1.54, 1.807) is 11.3 Å². The Bertz CT molecular complexity index is 1100. The highest BCUT2D eigenvalue weighted by Crippen LogP contribution is 2.32. The number of anilines is 1. The lowest BCUT2D eigenvalue weighted by Gasteiger charge is -2.27. The molecule has 2 heterocycles. The maximum Gasteiger partial charge on any atom is 0.233 e. The molecule has 0 spiro atoms. The van der Waals surface area contributed by atoms with Crippen molar-refractivity contribution in [1.29, 1.82) is 0 Å². The third-order valence-electron chi connectivity index (χ3n) is 6.00. The predicted octanol–water partition coefficient (Wildman–Crippen LogP) is 5.03. The molecule has 2 aromatic carbocycles. The van der Waals surface area contributed by atoms with E-state index in [0.717, 1.165) is 71.5 Å². The average molecular weight is 504 g/mol. The summed E-state index contributed by atoms with van der Waals surface area (Å²) >= 11 is 1.56. The van der Waals surface area contributed by atoms with Crippen molar-refractivity contribution in [3.8, 4) is 5.75 Å². The summed E-state index contributed by atoms with van der Waals surface area (Å²) in [4.78, 5) is 22.6. The first-order chi connectivity index (χ1) is 16.0. The fraction of sp³-hybridized carbons (Fsp3) is 0.462. The van der Waals surface area contributed by atoms with Gasteiger partial charge in [-0.15, -0.1) is 12.4 Å². The van der Waals surface area contributed by atoms with Crippen LogP contribution in [0.3, 0.4) is 0 Å². The number of aryl methyl sites for hydroxylation is 2. The Balaban J connectivity index is 0.00000324. The minimum atomic E-state index is 0. The van der Waals surface area contributed by atoms with Crippen LogP contribution in [0.4, 0.5) is 5.13 Å². The third-order valence-corrected chi connectivity index (χ3v) is 7.04. The number of aromatic nitrogens is 1. The van der Waals surface area contributed by atoms with E-state index >= 15 is 0 Å². The summed E-state index contributed by atoms with van der Waals surface area (Å²) < 4.78 is 12.1. The summed E-state index contributed by atoms with van der Waals surface area (Å²) in [5, 5.41) is 0.760. The Kier molecular flexibility index (Phi) is 9.71. The van der Waals surface area contributed by atoms with Crippen molar-refractivity contribution in [2.24, 2.45) is 0 Å². The molecule has 1 aromatic heterocycles. The van der Waals surface area contributed by atoms with Crippen molar-refractivity contribution in [2.75, 3.05) is 50.9 Å². The molecule has 184 valence electrons. The lowest BCUT2D eigenvalue weighted by Crippen LogP contribution is -2.39. The van der Waals surface area contributed by atoms with Crippen molar-refractivity contribution in [3.63, 3.8) is 0 Å². The molecule has 6 nitrogen and oxygen atoms in total. The molecule has 0 N–H and O–H groups in total. The fourth-order valence-electron chi connectivity index (χ4n) is 4.12. The predicted molar refractivity (Wildman–Crippen MR) is 142 cm³/mol. The van der Waals surface area contributed by atoms with Crippen LogP contribution in [0, 0.1) is 13.8 Å². The number of nitrogens with zero attached hydrogens (tertiary/aromatic N) is 3. The summed E-state index contributed by atoms with van der Waals surface area (Å²) in [6, 6.07) is 12.2. The molecule has 34 heavy (non-hydrogen) atoms. The molecular formula is C26H34ClN3O3S. The molecule has 0 aliphatic carbocycles. The normalized spacial score (nSPS) is 14.1. The molecule has 8 heteroatoms. The molecule has 3 aromatic rings. The number of rotatable bonds is 9. The SMILES string of the molecule is CCOc1ccc2nc(N(CCCN3CCOCC3)C(=O)Cc3cc(C)ccc3C)sc2c1.Cl. The molecule has 1 aliphatic heterocycles. The van der Waals surface area contributed by atoms with Gasteiger partial charge in [0.25, 0.3) is 0 Å². The number of carbonyl (C=O) groups excluding carboxylic acids is 1. The van der Waals surface area contributed by atoms with Crippen molar-refractivity contribution in [3.05, 3.63) is 53.1 Å². The number of morpholine rings is 1. The van der Waals surface area contributed by atoms with Crippen LogP contribution < -0.4 is 9.64 Å². The van der Waals surface area contributed by atoms with E-state index in [2.05, 4.69) is 36.9 Å². The van der Waals surface area contributed by atoms with Crippen LogP contribution in [0.5, 0.6) is 5.75 Å². The molecule has 0 saturated carbocycles. The van der Waals surface area contributed by atoms with Crippen LogP contribution >= 0.6 is 23.7 Å². The largest absolute Gasteiger partial charge is 0.494 e. The van der Waals surface area contributed by atoms with Crippen LogP contribution in [0.2, 0.25) is 0 Å². The van der Waals surface area contributed by atoms with Gasteiger partial charge in [0.05, 0.1) is 36.5 Å². The standard InChI is InChI=1S/C26H33N3O3S.ClH/c1-4-32-22-8-9-23-24(18-22)33-26(27-23)29(11-5-10-28-12-14-31-15-13-28)25(30)17-21-16-19(2)6-7-20(21)3;/h6-9,16,18H,4-5,10-15,17H2,1-3H3;1H. The van der Waals surface area contributed by atoms with Gasteiger partial charge in [0, 0.05) is 26.2 Å². The number of halogens is 1. The summed E-state index contributed by atoms with van der Waals surface area (Å²) in [5.41, 5.74) is 4.30. The second-order valence-electron chi connectivity index (χ2n) is 8.52. The fourth-order valence-corrected chi connectivity index (χ4v) is 5.16. The first kappa shape index (κ1) is 26.4. The maximum absolute atomic E-state index is 13.5. The topological polar surface area (TPSA) is 54.9 Å². The zero-order valence-corrected chi connectivity index (χ0v) is 21.8. The van der Waals surface area contributed by atoms with E-state index in [-0.39, 0.29) is 18.3 Å². The molecule has 0 atom stereocenters. The van der Waals surface area contributed by atoms with E-state index < -0.39 is 0 Å². The zero-order chi connectivity index (χ0) is 23.2. The molecule has 1 saturated heterocycles. The number of hydrogen-bond acceptors (Lipinski definition) is 6. The Morgan fingerprint density at radius 2 is 1.97 bits per heavy atom. The second-order valence-corrected chi connectivity index (χ2v) is 9.53. The maximum atomic E-state index is 13.5. The first-order valence-electron chi connectivity index (χ1n) is 11.7. The molecule has 1 amide bonds. The lowest BCUT2D eigenvalue weighted by atomic mass is 10.0. The number of fused-ring (bicyclic) bond motifs is 1.